The van der Waals surface area contributed by atoms with E-state index in [1.165, 1.54) is 0 Å². The molecule has 170 valence electrons. The second-order valence-corrected chi connectivity index (χ2v) is 21.8. The first kappa shape index (κ1) is 25.7. The summed E-state index contributed by atoms with van der Waals surface area (Å²) in [5, 5.41) is 0.251. The van der Waals surface area contributed by atoms with Gasteiger partial charge < -0.3 is 8.85 Å². The zero-order valence-electron chi connectivity index (χ0n) is 20.3. The number of pyridine rings is 1. The molecule has 1 aromatic heterocycles. The van der Waals surface area contributed by atoms with Crippen LogP contribution in [0.15, 0.2) is 28.9 Å². The maximum atomic E-state index is 6.57. The van der Waals surface area contributed by atoms with E-state index in [0.717, 1.165) is 15.9 Å². The predicted molar refractivity (Wildman–Crippen MR) is 133 cm³/mol. The molecule has 1 aliphatic heterocycles. The average Bonchev–Trinajstić information content (AvgIpc) is 3.02. The Kier molecular flexibility index (Phi) is 7.54. The molecule has 0 bridgehead atoms. The van der Waals surface area contributed by atoms with Crippen LogP contribution < -0.4 is 5.48 Å². The molecule has 1 aromatic rings. The smallest absolute Gasteiger partial charge is 0.192 e. The van der Waals surface area contributed by atoms with Gasteiger partial charge in [-0.3, -0.25) is 15.3 Å². The van der Waals surface area contributed by atoms with Gasteiger partial charge in [-0.05, 0) is 70.4 Å². The molecule has 2 heterocycles. The summed E-state index contributed by atoms with van der Waals surface area (Å²) in [6, 6.07) is 3.94. The van der Waals surface area contributed by atoms with Crippen molar-refractivity contribution in [2.24, 2.45) is 0 Å². The van der Waals surface area contributed by atoms with Gasteiger partial charge in [-0.2, -0.15) is 0 Å². The lowest BCUT2D eigenvalue weighted by atomic mass is 10.1. The fraction of sp³-hybridized carbons (Fsp3) is 0.682. The molecule has 5 nitrogen and oxygen atoms in total. The SMILES string of the molecule is CC(C)(C)[Si](C)(C)OCC1(CO[Si](C)(C)C(C)(C)C)C=C(c2ccc(Br)cn2)NO1. The molecule has 0 amide bonds. The van der Waals surface area contributed by atoms with Crippen LogP contribution in [0.1, 0.15) is 47.2 Å². The van der Waals surface area contributed by atoms with Crippen molar-refractivity contribution >= 4 is 38.3 Å². The number of rotatable bonds is 7. The number of aromatic nitrogens is 1. The Morgan fingerprint density at radius 1 is 0.967 bits per heavy atom. The molecule has 0 saturated carbocycles. The molecular formula is C22H39BrN2O3Si2. The van der Waals surface area contributed by atoms with Gasteiger partial charge >= 0.3 is 0 Å². The quantitative estimate of drug-likeness (QED) is 0.420. The number of halogens is 1. The first-order valence-electron chi connectivity index (χ1n) is 10.5. The van der Waals surface area contributed by atoms with E-state index in [1.54, 1.807) is 6.20 Å². The molecule has 0 unspecified atom stereocenters. The predicted octanol–water partition coefficient (Wildman–Crippen LogP) is 6.50. The molecule has 2 rings (SSSR count). The van der Waals surface area contributed by atoms with Gasteiger partial charge in [0.1, 0.15) is 0 Å². The topological polar surface area (TPSA) is 52.6 Å². The molecule has 0 saturated heterocycles. The van der Waals surface area contributed by atoms with Crippen LogP contribution >= 0.6 is 15.9 Å². The van der Waals surface area contributed by atoms with E-state index in [0.29, 0.717) is 13.2 Å². The van der Waals surface area contributed by atoms with Crippen LogP contribution in [0.25, 0.3) is 5.70 Å². The lowest BCUT2D eigenvalue weighted by molar-refractivity contribution is -0.0865. The van der Waals surface area contributed by atoms with Crippen molar-refractivity contribution in [2.75, 3.05) is 13.2 Å². The average molecular weight is 516 g/mol. The van der Waals surface area contributed by atoms with E-state index in [9.17, 15) is 0 Å². The van der Waals surface area contributed by atoms with Gasteiger partial charge in [0, 0.05) is 10.7 Å². The monoisotopic (exact) mass is 514 g/mol. The highest BCUT2D eigenvalue weighted by Crippen LogP contribution is 2.40. The molecule has 0 fully saturated rings. The number of nitrogens with zero attached hydrogens (tertiary/aromatic N) is 1. The number of hydrogen-bond donors (Lipinski definition) is 1. The molecule has 0 radical (unpaired) electrons. The van der Waals surface area contributed by atoms with Crippen LogP contribution in [0, 0.1) is 0 Å². The van der Waals surface area contributed by atoms with Crippen molar-refractivity contribution in [2.45, 2.75) is 83.4 Å². The summed E-state index contributed by atoms with van der Waals surface area (Å²) in [6.45, 7) is 23.4. The summed E-state index contributed by atoms with van der Waals surface area (Å²) in [6.07, 6.45) is 3.87. The lowest BCUT2D eigenvalue weighted by Crippen LogP contribution is -2.51. The van der Waals surface area contributed by atoms with Crippen LogP contribution in [0.4, 0.5) is 0 Å². The number of hydroxylamine groups is 1. The molecule has 0 spiro atoms. The molecule has 0 aliphatic carbocycles. The Labute approximate surface area is 193 Å². The van der Waals surface area contributed by atoms with Crippen LogP contribution in [-0.2, 0) is 13.7 Å². The van der Waals surface area contributed by atoms with E-state index in [4.69, 9.17) is 13.7 Å². The molecule has 1 N–H and O–H groups in total. The molecule has 1 aliphatic rings. The molecule has 0 aromatic carbocycles. The van der Waals surface area contributed by atoms with E-state index < -0.39 is 22.2 Å². The highest BCUT2D eigenvalue weighted by Gasteiger charge is 2.45. The third-order valence-electron chi connectivity index (χ3n) is 6.74. The summed E-state index contributed by atoms with van der Waals surface area (Å²) < 4.78 is 14.1. The second-order valence-electron chi connectivity index (χ2n) is 11.3. The van der Waals surface area contributed by atoms with Gasteiger partial charge in [0.05, 0.1) is 24.6 Å². The third kappa shape index (κ3) is 6.04. The lowest BCUT2D eigenvalue weighted by Gasteiger charge is -2.41. The van der Waals surface area contributed by atoms with Crippen molar-refractivity contribution in [3.05, 3.63) is 34.6 Å². The first-order chi connectivity index (χ1) is 13.5. The summed E-state index contributed by atoms with van der Waals surface area (Å²) >= 11 is 3.44. The van der Waals surface area contributed by atoms with Gasteiger partial charge in [-0.25, -0.2) is 0 Å². The zero-order valence-corrected chi connectivity index (χ0v) is 23.9. The Bertz CT molecular complexity index is 736. The Morgan fingerprint density at radius 3 is 1.87 bits per heavy atom. The largest absolute Gasteiger partial charge is 0.413 e. The van der Waals surface area contributed by atoms with Crippen molar-refractivity contribution in [3.8, 4) is 0 Å². The van der Waals surface area contributed by atoms with Crippen LogP contribution in [-0.4, -0.2) is 40.4 Å². The van der Waals surface area contributed by atoms with E-state index in [2.05, 4.69) is 100 Å². The minimum absolute atomic E-state index is 0.125. The maximum Gasteiger partial charge on any atom is 0.192 e. The van der Waals surface area contributed by atoms with Gasteiger partial charge in [-0.1, -0.05) is 41.5 Å². The minimum Gasteiger partial charge on any atom is -0.413 e. The summed E-state index contributed by atoms with van der Waals surface area (Å²) in [5.41, 5.74) is 4.08. The van der Waals surface area contributed by atoms with Crippen LogP contribution in [0.5, 0.6) is 0 Å². The standard InChI is InChI=1S/C22H39BrN2O3Si2/c1-20(2,3)29(7,8)26-15-22(16-27-30(9,10)21(4,5)6)13-19(25-28-22)18-12-11-17(23)14-24-18/h11-14,25H,15-16H2,1-10H3. The summed E-state index contributed by atoms with van der Waals surface area (Å²) in [5.74, 6) is 0. The Morgan fingerprint density at radius 2 is 1.47 bits per heavy atom. The van der Waals surface area contributed by atoms with Crippen molar-refractivity contribution in [1.29, 1.82) is 0 Å². The normalized spacial score (nSPS) is 17.6. The highest BCUT2D eigenvalue weighted by molar-refractivity contribution is 9.10. The Hall–Kier alpha value is -0.516. The van der Waals surface area contributed by atoms with Gasteiger partial charge in [0.25, 0.3) is 0 Å². The van der Waals surface area contributed by atoms with Crippen LogP contribution in [0.3, 0.4) is 0 Å². The van der Waals surface area contributed by atoms with E-state index in [-0.39, 0.29) is 10.1 Å². The zero-order chi connectivity index (χ0) is 23.0. The maximum absolute atomic E-state index is 6.57. The van der Waals surface area contributed by atoms with Gasteiger partial charge in [0.15, 0.2) is 22.2 Å². The molecule has 0 atom stereocenters. The van der Waals surface area contributed by atoms with Crippen molar-refractivity contribution in [1.82, 2.24) is 10.5 Å². The minimum atomic E-state index is -1.94. The molecule has 30 heavy (non-hydrogen) atoms. The number of nitrogens with one attached hydrogen (secondary N) is 1. The highest BCUT2D eigenvalue weighted by atomic mass is 79.9. The van der Waals surface area contributed by atoms with Gasteiger partial charge in [0.2, 0.25) is 0 Å². The van der Waals surface area contributed by atoms with Crippen molar-refractivity contribution < 1.29 is 13.7 Å². The number of hydrogen-bond acceptors (Lipinski definition) is 5. The van der Waals surface area contributed by atoms with Gasteiger partial charge in [-0.15, -0.1) is 0 Å². The summed E-state index contributed by atoms with van der Waals surface area (Å²) in [7, 11) is -3.89. The van der Waals surface area contributed by atoms with E-state index >= 15 is 0 Å². The summed E-state index contributed by atoms with van der Waals surface area (Å²) in [4.78, 5) is 10.7. The molecule has 8 heteroatoms. The second kappa shape index (κ2) is 8.79. The third-order valence-corrected chi connectivity index (χ3v) is 16.2. The fourth-order valence-electron chi connectivity index (χ4n) is 2.36. The van der Waals surface area contributed by atoms with Crippen LogP contribution in [0.2, 0.25) is 36.3 Å². The van der Waals surface area contributed by atoms with Crippen molar-refractivity contribution in [3.63, 3.8) is 0 Å². The Balaban J connectivity index is 2.30. The van der Waals surface area contributed by atoms with E-state index in [1.807, 2.05) is 12.1 Å². The molecular weight excluding hydrogens is 476 g/mol. The fourth-order valence-corrected chi connectivity index (χ4v) is 4.67. The first-order valence-corrected chi connectivity index (χ1v) is 17.2.